The molecule has 4 nitrogen and oxygen atoms in total. The summed E-state index contributed by atoms with van der Waals surface area (Å²) in [6.07, 6.45) is 6.00. The number of benzene rings is 1. The summed E-state index contributed by atoms with van der Waals surface area (Å²) in [6.45, 7) is 6.52. The highest BCUT2D eigenvalue weighted by Crippen LogP contribution is 2.40. The standard InChI is InChI=1S/C16H26N2O2S/c1-4-16(5-2)8-10-18(11-9-16)15-7-6-13(12-14(15)17)21(3,19)20/h6-7,12H,4-5,8-11,17H2,1-3H3. The van der Waals surface area contributed by atoms with E-state index in [1.54, 1.807) is 12.1 Å². The highest BCUT2D eigenvalue weighted by molar-refractivity contribution is 7.90. The largest absolute Gasteiger partial charge is 0.397 e. The lowest BCUT2D eigenvalue weighted by Crippen LogP contribution is -2.39. The van der Waals surface area contributed by atoms with Gasteiger partial charge < -0.3 is 10.6 Å². The van der Waals surface area contributed by atoms with Crippen LogP contribution in [-0.4, -0.2) is 27.8 Å². The first-order valence-corrected chi connectivity index (χ1v) is 9.55. The SMILES string of the molecule is CCC1(CC)CCN(c2ccc(S(C)(=O)=O)cc2N)CC1. The number of hydrogen-bond donors (Lipinski definition) is 1. The molecule has 0 aliphatic carbocycles. The molecular weight excluding hydrogens is 284 g/mol. The third-order valence-electron chi connectivity index (χ3n) is 5.09. The first-order valence-electron chi connectivity index (χ1n) is 7.66. The maximum atomic E-state index is 11.6. The van der Waals surface area contributed by atoms with E-state index < -0.39 is 9.84 Å². The van der Waals surface area contributed by atoms with E-state index in [0.29, 0.717) is 11.1 Å². The van der Waals surface area contributed by atoms with Crippen molar-refractivity contribution in [3.05, 3.63) is 18.2 Å². The van der Waals surface area contributed by atoms with Gasteiger partial charge in [0.2, 0.25) is 0 Å². The van der Waals surface area contributed by atoms with Gasteiger partial charge in [-0.1, -0.05) is 26.7 Å². The van der Waals surface area contributed by atoms with Gasteiger partial charge in [0.15, 0.2) is 9.84 Å². The molecule has 0 spiro atoms. The summed E-state index contributed by atoms with van der Waals surface area (Å²) in [5.74, 6) is 0. The van der Waals surface area contributed by atoms with Gasteiger partial charge in [-0.25, -0.2) is 8.42 Å². The molecule has 1 saturated heterocycles. The van der Waals surface area contributed by atoms with Crippen LogP contribution in [0.5, 0.6) is 0 Å². The lowest BCUT2D eigenvalue weighted by Gasteiger charge is -2.42. The van der Waals surface area contributed by atoms with Gasteiger partial charge in [-0.15, -0.1) is 0 Å². The first-order chi connectivity index (χ1) is 9.81. The Hall–Kier alpha value is -1.23. The predicted octanol–water partition coefficient (Wildman–Crippen LogP) is 3.08. The fourth-order valence-electron chi connectivity index (χ4n) is 3.23. The van der Waals surface area contributed by atoms with Crippen molar-refractivity contribution in [2.24, 2.45) is 5.41 Å². The minimum absolute atomic E-state index is 0.289. The number of hydrogen-bond acceptors (Lipinski definition) is 4. The van der Waals surface area contributed by atoms with Gasteiger partial charge in [-0.05, 0) is 36.5 Å². The predicted molar refractivity (Wildman–Crippen MR) is 88.4 cm³/mol. The van der Waals surface area contributed by atoms with Gasteiger partial charge in [0.1, 0.15) is 0 Å². The Kier molecular flexibility index (Phi) is 4.51. The first kappa shape index (κ1) is 16.1. The number of nitrogen functional groups attached to an aromatic ring is 1. The molecule has 0 amide bonds. The average molecular weight is 310 g/mol. The van der Waals surface area contributed by atoms with Crippen LogP contribution in [0, 0.1) is 5.41 Å². The van der Waals surface area contributed by atoms with Crippen LogP contribution in [0.4, 0.5) is 11.4 Å². The van der Waals surface area contributed by atoms with Crippen molar-refractivity contribution in [1.82, 2.24) is 0 Å². The Bertz CT molecular complexity index is 597. The summed E-state index contributed by atoms with van der Waals surface area (Å²) in [5.41, 5.74) is 8.06. The van der Waals surface area contributed by atoms with Gasteiger partial charge in [0, 0.05) is 19.3 Å². The molecule has 1 aliphatic heterocycles. The molecule has 1 aliphatic rings. The Balaban J connectivity index is 2.18. The average Bonchev–Trinajstić information content (AvgIpc) is 2.46. The topological polar surface area (TPSA) is 63.4 Å². The van der Waals surface area contributed by atoms with Crippen LogP contribution in [0.1, 0.15) is 39.5 Å². The normalized spacial score (nSPS) is 18.7. The summed E-state index contributed by atoms with van der Waals surface area (Å²) >= 11 is 0. The fraction of sp³-hybridized carbons (Fsp3) is 0.625. The van der Waals surface area contributed by atoms with Gasteiger partial charge in [0.25, 0.3) is 0 Å². The van der Waals surface area contributed by atoms with Crippen LogP contribution >= 0.6 is 0 Å². The van der Waals surface area contributed by atoms with E-state index in [-0.39, 0.29) is 4.90 Å². The molecule has 1 fully saturated rings. The van der Waals surface area contributed by atoms with Crippen LogP contribution < -0.4 is 10.6 Å². The second kappa shape index (κ2) is 5.87. The van der Waals surface area contributed by atoms with E-state index in [1.807, 2.05) is 6.07 Å². The minimum Gasteiger partial charge on any atom is -0.397 e. The highest BCUT2D eigenvalue weighted by atomic mass is 32.2. The quantitative estimate of drug-likeness (QED) is 0.868. The molecule has 0 bridgehead atoms. The van der Waals surface area contributed by atoms with Crippen LogP contribution in [0.15, 0.2) is 23.1 Å². The summed E-state index contributed by atoms with van der Waals surface area (Å²) < 4.78 is 23.1. The Morgan fingerprint density at radius 2 is 1.76 bits per heavy atom. The number of nitrogens with two attached hydrogens (primary N) is 1. The molecule has 2 N–H and O–H groups in total. The summed E-state index contributed by atoms with van der Waals surface area (Å²) in [7, 11) is -3.20. The van der Waals surface area contributed by atoms with Gasteiger partial charge in [0.05, 0.1) is 16.3 Å². The van der Waals surface area contributed by atoms with Crippen molar-refractivity contribution in [2.45, 2.75) is 44.4 Å². The fourth-order valence-corrected chi connectivity index (χ4v) is 3.89. The van der Waals surface area contributed by atoms with Gasteiger partial charge in [-0.2, -0.15) is 0 Å². The molecule has 0 aromatic heterocycles. The summed E-state index contributed by atoms with van der Waals surface area (Å²) in [4.78, 5) is 2.57. The molecule has 0 radical (unpaired) electrons. The smallest absolute Gasteiger partial charge is 0.175 e. The lowest BCUT2D eigenvalue weighted by atomic mass is 9.74. The molecule has 5 heteroatoms. The molecule has 21 heavy (non-hydrogen) atoms. The van der Waals surface area contributed by atoms with Crippen molar-refractivity contribution in [2.75, 3.05) is 30.0 Å². The summed E-state index contributed by atoms with van der Waals surface area (Å²) in [6, 6.07) is 5.07. The lowest BCUT2D eigenvalue weighted by molar-refractivity contribution is 0.199. The highest BCUT2D eigenvalue weighted by Gasteiger charge is 2.31. The Morgan fingerprint density at radius 3 is 2.19 bits per heavy atom. The second-order valence-corrected chi connectivity index (χ2v) is 8.20. The monoisotopic (exact) mass is 310 g/mol. The third-order valence-corrected chi connectivity index (χ3v) is 6.20. The van der Waals surface area contributed by atoms with E-state index in [2.05, 4.69) is 18.7 Å². The zero-order valence-corrected chi connectivity index (χ0v) is 14.0. The second-order valence-electron chi connectivity index (χ2n) is 6.19. The van der Waals surface area contributed by atoms with Crippen molar-refractivity contribution in [3.63, 3.8) is 0 Å². The third kappa shape index (κ3) is 3.34. The van der Waals surface area contributed by atoms with E-state index in [9.17, 15) is 8.42 Å². The molecule has 0 unspecified atom stereocenters. The van der Waals surface area contributed by atoms with E-state index in [1.165, 1.54) is 31.9 Å². The number of rotatable bonds is 4. The zero-order chi connectivity index (χ0) is 15.7. The molecule has 1 heterocycles. The molecular formula is C16H26N2O2S. The molecule has 0 atom stereocenters. The van der Waals surface area contributed by atoms with Crippen LogP contribution in [0.2, 0.25) is 0 Å². The van der Waals surface area contributed by atoms with Crippen LogP contribution in [-0.2, 0) is 9.84 Å². The minimum atomic E-state index is -3.20. The number of piperidine rings is 1. The van der Waals surface area contributed by atoms with E-state index >= 15 is 0 Å². The van der Waals surface area contributed by atoms with E-state index in [4.69, 9.17) is 5.73 Å². The maximum Gasteiger partial charge on any atom is 0.175 e. The molecule has 1 aromatic rings. The van der Waals surface area contributed by atoms with Gasteiger partial charge >= 0.3 is 0 Å². The summed E-state index contributed by atoms with van der Waals surface area (Å²) in [5, 5.41) is 0. The molecule has 1 aromatic carbocycles. The number of anilines is 2. The maximum absolute atomic E-state index is 11.6. The number of nitrogens with zero attached hydrogens (tertiary/aromatic N) is 1. The van der Waals surface area contributed by atoms with Crippen molar-refractivity contribution >= 4 is 21.2 Å². The van der Waals surface area contributed by atoms with Crippen LogP contribution in [0.25, 0.3) is 0 Å². The molecule has 0 saturated carbocycles. The van der Waals surface area contributed by atoms with Crippen molar-refractivity contribution in [3.8, 4) is 0 Å². The number of sulfone groups is 1. The van der Waals surface area contributed by atoms with Crippen molar-refractivity contribution in [1.29, 1.82) is 0 Å². The molecule has 2 rings (SSSR count). The zero-order valence-electron chi connectivity index (χ0n) is 13.2. The molecule has 118 valence electrons. The van der Waals surface area contributed by atoms with Crippen molar-refractivity contribution < 1.29 is 8.42 Å². The Labute approximate surface area is 128 Å². The van der Waals surface area contributed by atoms with Gasteiger partial charge in [-0.3, -0.25) is 0 Å². The Morgan fingerprint density at radius 1 is 1.19 bits per heavy atom. The van der Waals surface area contributed by atoms with Crippen LogP contribution in [0.3, 0.4) is 0 Å². The van der Waals surface area contributed by atoms with E-state index in [0.717, 1.165) is 18.8 Å².